The van der Waals surface area contributed by atoms with E-state index in [2.05, 4.69) is 4.90 Å². The van der Waals surface area contributed by atoms with E-state index in [4.69, 9.17) is 19.9 Å². The van der Waals surface area contributed by atoms with Crippen LogP contribution in [0.3, 0.4) is 0 Å². The topological polar surface area (TPSA) is 74.0 Å². The van der Waals surface area contributed by atoms with Crippen LogP contribution in [0.5, 0.6) is 11.5 Å². The fourth-order valence-corrected chi connectivity index (χ4v) is 3.12. The van der Waals surface area contributed by atoms with Crippen molar-refractivity contribution in [1.29, 1.82) is 0 Å². The van der Waals surface area contributed by atoms with Crippen LogP contribution < -0.4 is 20.1 Å². The molecule has 0 radical (unpaired) electrons. The molecule has 2 atom stereocenters. The molecule has 23 heavy (non-hydrogen) atoms. The SMILES string of the molecule is COC(=O)CCC1CC(N)CN(c2cc(OC)ccc2OC)C1. The summed E-state index contributed by atoms with van der Waals surface area (Å²) in [6.07, 6.45) is 2.12. The number of piperidine rings is 1. The fourth-order valence-electron chi connectivity index (χ4n) is 3.12. The van der Waals surface area contributed by atoms with Crippen LogP contribution in [0.4, 0.5) is 5.69 Å². The van der Waals surface area contributed by atoms with Crippen molar-refractivity contribution in [3.63, 3.8) is 0 Å². The average Bonchev–Trinajstić information content (AvgIpc) is 2.58. The van der Waals surface area contributed by atoms with Gasteiger partial charge in [0.15, 0.2) is 0 Å². The van der Waals surface area contributed by atoms with E-state index >= 15 is 0 Å². The van der Waals surface area contributed by atoms with Crippen molar-refractivity contribution in [2.24, 2.45) is 11.7 Å². The number of ether oxygens (including phenoxy) is 3. The highest BCUT2D eigenvalue weighted by molar-refractivity contribution is 5.69. The van der Waals surface area contributed by atoms with Crippen molar-refractivity contribution in [3.05, 3.63) is 18.2 Å². The molecule has 2 unspecified atom stereocenters. The predicted molar refractivity (Wildman–Crippen MR) is 89.1 cm³/mol. The number of carbonyl (C=O) groups is 1. The van der Waals surface area contributed by atoms with Gasteiger partial charge in [-0.05, 0) is 30.9 Å². The number of benzene rings is 1. The van der Waals surface area contributed by atoms with Gasteiger partial charge in [0.25, 0.3) is 0 Å². The van der Waals surface area contributed by atoms with E-state index in [0.29, 0.717) is 12.3 Å². The number of nitrogens with zero attached hydrogens (tertiary/aromatic N) is 1. The Bertz CT molecular complexity index is 535. The van der Waals surface area contributed by atoms with E-state index in [0.717, 1.165) is 43.1 Å². The number of carbonyl (C=O) groups excluding carboxylic acids is 1. The quantitative estimate of drug-likeness (QED) is 0.805. The fraction of sp³-hybridized carbons (Fsp3) is 0.588. The Morgan fingerprint density at radius 1 is 1.26 bits per heavy atom. The molecular weight excluding hydrogens is 296 g/mol. The summed E-state index contributed by atoms with van der Waals surface area (Å²) < 4.78 is 15.5. The minimum Gasteiger partial charge on any atom is -0.497 e. The highest BCUT2D eigenvalue weighted by Gasteiger charge is 2.27. The number of hydrogen-bond donors (Lipinski definition) is 1. The Morgan fingerprint density at radius 3 is 2.70 bits per heavy atom. The molecule has 1 aromatic carbocycles. The summed E-state index contributed by atoms with van der Waals surface area (Å²) in [4.78, 5) is 13.6. The summed E-state index contributed by atoms with van der Waals surface area (Å²) in [5.41, 5.74) is 7.20. The van der Waals surface area contributed by atoms with Gasteiger partial charge in [-0.2, -0.15) is 0 Å². The van der Waals surface area contributed by atoms with Crippen molar-refractivity contribution >= 4 is 11.7 Å². The van der Waals surface area contributed by atoms with E-state index in [1.165, 1.54) is 7.11 Å². The highest BCUT2D eigenvalue weighted by Crippen LogP contribution is 2.35. The lowest BCUT2D eigenvalue weighted by atomic mass is 9.90. The van der Waals surface area contributed by atoms with E-state index in [1.807, 2.05) is 18.2 Å². The van der Waals surface area contributed by atoms with Crippen LogP contribution in [0.15, 0.2) is 18.2 Å². The van der Waals surface area contributed by atoms with Crippen LogP contribution in [-0.4, -0.2) is 46.4 Å². The van der Waals surface area contributed by atoms with Crippen LogP contribution in [0.25, 0.3) is 0 Å². The second kappa shape index (κ2) is 8.06. The maximum atomic E-state index is 11.4. The predicted octanol–water partition coefficient (Wildman–Crippen LogP) is 1.81. The molecule has 0 aliphatic carbocycles. The lowest BCUT2D eigenvalue weighted by Crippen LogP contribution is -2.47. The number of rotatable bonds is 6. The normalized spacial score (nSPS) is 21.0. The minimum absolute atomic E-state index is 0.0716. The smallest absolute Gasteiger partial charge is 0.305 e. The largest absolute Gasteiger partial charge is 0.497 e. The molecule has 0 amide bonds. The third kappa shape index (κ3) is 4.51. The van der Waals surface area contributed by atoms with Crippen molar-refractivity contribution in [1.82, 2.24) is 0 Å². The van der Waals surface area contributed by atoms with Gasteiger partial charge in [0, 0.05) is 31.6 Å². The molecule has 1 fully saturated rings. The van der Waals surface area contributed by atoms with Gasteiger partial charge in [0.1, 0.15) is 11.5 Å². The summed E-state index contributed by atoms with van der Waals surface area (Å²) in [5.74, 6) is 1.76. The lowest BCUT2D eigenvalue weighted by molar-refractivity contribution is -0.141. The van der Waals surface area contributed by atoms with Crippen LogP contribution in [0.2, 0.25) is 0 Å². The van der Waals surface area contributed by atoms with Gasteiger partial charge >= 0.3 is 5.97 Å². The standard InChI is InChI=1S/C17H26N2O4/c1-21-14-5-6-16(22-2)15(9-14)19-10-12(8-13(18)11-19)4-7-17(20)23-3/h5-6,9,12-13H,4,7-8,10-11,18H2,1-3H3. The second-order valence-electron chi connectivity index (χ2n) is 5.92. The number of hydrogen-bond acceptors (Lipinski definition) is 6. The molecule has 1 aliphatic heterocycles. The van der Waals surface area contributed by atoms with Crippen LogP contribution in [0, 0.1) is 5.92 Å². The van der Waals surface area contributed by atoms with Gasteiger partial charge < -0.3 is 24.8 Å². The Hall–Kier alpha value is -1.95. The number of methoxy groups -OCH3 is 3. The summed E-state index contributed by atoms with van der Waals surface area (Å²) >= 11 is 0. The molecule has 0 bridgehead atoms. The summed E-state index contributed by atoms with van der Waals surface area (Å²) in [7, 11) is 4.72. The first-order chi connectivity index (χ1) is 11.1. The first-order valence-electron chi connectivity index (χ1n) is 7.86. The van der Waals surface area contributed by atoms with Crippen molar-refractivity contribution in [2.45, 2.75) is 25.3 Å². The Labute approximate surface area is 137 Å². The Balaban J connectivity index is 2.13. The van der Waals surface area contributed by atoms with Gasteiger partial charge in [-0.15, -0.1) is 0 Å². The molecule has 2 N–H and O–H groups in total. The molecule has 0 saturated carbocycles. The maximum absolute atomic E-state index is 11.4. The highest BCUT2D eigenvalue weighted by atomic mass is 16.5. The van der Waals surface area contributed by atoms with Crippen LogP contribution >= 0.6 is 0 Å². The number of esters is 1. The molecule has 1 aliphatic rings. The monoisotopic (exact) mass is 322 g/mol. The van der Waals surface area contributed by atoms with E-state index in [9.17, 15) is 4.79 Å². The first kappa shape index (κ1) is 17.4. The van der Waals surface area contributed by atoms with Gasteiger partial charge in [-0.1, -0.05) is 0 Å². The van der Waals surface area contributed by atoms with E-state index < -0.39 is 0 Å². The molecule has 1 heterocycles. The summed E-state index contributed by atoms with van der Waals surface area (Å²) in [6.45, 7) is 1.60. The molecule has 1 aromatic rings. The van der Waals surface area contributed by atoms with Gasteiger partial charge in [0.2, 0.25) is 0 Å². The third-order valence-electron chi connectivity index (χ3n) is 4.28. The van der Waals surface area contributed by atoms with Crippen molar-refractivity contribution in [2.75, 3.05) is 39.3 Å². The van der Waals surface area contributed by atoms with E-state index in [-0.39, 0.29) is 12.0 Å². The first-order valence-corrected chi connectivity index (χ1v) is 7.86. The summed E-state index contributed by atoms with van der Waals surface area (Å²) in [5, 5.41) is 0. The van der Waals surface area contributed by atoms with Crippen LogP contribution in [0.1, 0.15) is 19.3 Å². The molecule has 128 valence electrons. The number of anilines is 1. The van der Waals surface area contributed by atoms with Crippen LogP contribution in [-0.2, 0) is 9.53 Å². The summed E-state index contributed by atoms with van der Waals surface area (Å²) in [6, 6.07) is 5.81. The zero-order valence-electron chi connectivity index (χ0n) is 14.1. The molecule has 6 nitrogen and oxygen atoms in total. The van der Waals surface area contributed by atoms with Gasteiger partial charge in [-0.3, -0.25) is 4.79 Å². The molecule has 1 saturated heterocycles. The zero-order chi connectivity index (χ0) is 16.8. The Kier molecular flexibility index (Phi) is 6.10. The molecule has 0 spiro atoms. The maximum Gasteiger partial charge on any atom is 0.305 e. The van der Waals surface area contributed by atoms with Gasteiger partial charge in [0.05, 0.1) is 27.0 Å². The molecule has 0 aromatic heterocycles. The lowest BCUT2D eigenvalue weighted by Gasteiger charge is -2.38. The molecule has 6 heteroatoms. The third-order valence-corrected chi connectivity index (χ3v) is 4.28. The van der Waals surface area contributed by atoms with E-state index in [1.54, 1.807) is 14.2 Å². The average molecular weight is 322 g/mol. The van der Waals surface area contributed by atoms with Gasteiger partial charge in [-0.25, -0.2) is 0 Å². The van der Waals surface area contributed by atoms with Crippen molar-refractivity contribution in [3.8, 4) is 11.5 Å². The zero-order valence-corrected chi connectivity index (χ0v) is 14.1. The molecule has 2 rings (SSSR count). The number of nitrogens with two attached hydrogens (primary N) is 1. The second-order valence-corrected chi connectivity index (χ2v) is 5.92. The van der Waals surface area contributed by atoms with Crippen molar-refractivity contribution < 1.29 is 19.0 Å². The molecular formula is C17H26N2O4. The minimum atomic E-state index is -0.172. The Morgan fingerprint density at radius 2 is 2.04 bits per heavy atom.